The molecule has 0 fully saturated rings. The molecule has 0 radical (unpaired) electrons. The van der Waals surface area contributed by atoms with Crippen LogP contribution in [0.3, 0.4) is 0 Å². The Bertz CT molecular complexity index is 903. The van der Waals surface area contributed by atoms with Gasteiger partial charge in [-0.2, -0.15) is 0 Å². The molecule has 2 nitrogen and oxygen atoms in total. The molecule has 4 rings (SSSR count). The Labute approximate surface area is 110 Å². The number of furan rings is 1. The number of ether oxygens (including phenoxy) is 1. The third kappa shape index (κ3) is 1.37. The molecule has 3 aromatic carbocycles. The Morgan fingerprint density at radius 2 is 1.47 bits per heavy atom. The molecule has 2 heteroatoms. The van der Waals surface area contributed by atoms with Crippen LogP contribution in [0.5, 0.6) is 5.75 Å². The first-order valence-corrected chi connectivity index (χ1v) is 6.25. The van der Waals surface area contributed by atoms with Crippen molar-refractivity contribution in [1.82, 2.24) is 0 Å². The number of methoxy groups -OCH3 is 1. The lowest BCUT2D eigenvalue weighted by Gasteiger charge is -2.04. The number of hydrogen-bond acceptors (Lipinski definition) is 2. The second-order valence-corrected chi connectivity index (χ2v) is 4.60. The smallest absolute Gasteiger partial charge is 0.143 e. The van der Waals surface area contributed by atoms with Gasteiger partial charge in [0, 0.05) is 21.5 Å². The minimum absolute atomic E-state index is 0.875. The molecule has 1 aromatic heterocycles. The molecule has 0 atom stereocenters. The van der Waals surface area contributed by atoms with E-state index in [0.29, 0.717) is 0 Å². The maximum absolute atomic E-state index is 6.01. The van der Waals surface area contributed by atoms with Crippen molar-refractivity contribution >= 4 is 32.7 Å². The van der Waals surface area contributed by atoms with Crippen LogP contribution in [0.15, 0.2) is 59.0 Å². The number of rotatable bonds is 1. The van der Waals surface area contributed by atoms with Crippen molar-refractivity contribution in [2.45, 2.75) is 0 Å². The van der Waals surface area contributed by atoms with E-state index in [1.165, 1.54) is 0 Å². The monoisotopic (exact) mass is 248 g/mol. The summed E-state index contributed by atoms with van der Waals surface area (Å²) in [6.07, 6.45) is 0. The summed E-state index contributed by atoms with van der Waals surface area (Å²) in [4.78, 5) is 0. The molecular formula is C17H12O2. The fraction of sp³-hybridized carbons (Fsp3) is 0.0588. The number of fused-ring (bicyclic) bond motifs is 5. The lowest BCUT2D eigenvalue weighted by molar-refractivity contribution is 0.420. The van der Waals surface area contributed by atoms with E-state index in [1.54, 1.807) is 7.11 Å². The lowest BCUT2D eigenvalue weighted by atomic mass is 10.1. The van der Waals surface area contributed by atoms with E-state index in [2.05, 4.69) is 24.3 Å². The minimum atomic E-state index is 0.875. The lowest BCUT2D eigenvalue weighted by Crippen LogP contribution is -1.84. The minimum Gasteiger partial charge on any atom is -0.496 e. The summed E-state index contributed by atoms with van der Waals surface area (Å²) in [5.41, 5.74) is 1.85. The normalized spacial score (nSPS) is 11.4. The van der Waals surface area contributed by atoms with Crippen LogP contribution in [-0.4, -0.2) is 7.11 Å². The first kappa shape index (κ1) is 10.4. The van der Waals surface area contributed by atoms with Gasteiger partial charge in [0.2, 0.25) is 0 Å². The van der Waals surface area contributed by atoms with Crippen molar-refractivity contribution in [3.05, 3.63) is 54.6 Å². The maximum atomic E-state index is 6.01. The molecule has 0 spiro atoms. The fourth-order valence-corrected chi connectivity index (χ4v) is 2.69. The molecule has 0 aliphatic carbocycles. The zero-order valence-corrected chi connectivity index (χ0v) is 10.5. The highest BCUT2D eigenvalue weighted by Gasteiger charge is 2.11. The van der Waals surface area contributed by atoms with Crippen LogP contribution in [0.25, 0.3) is 32.7 Å². The van der Waals surface area contributed by atoms with Gasteiger partial charge in [0.25, 0.3) is 0 Å². The molecule has 0 aliphatic heterocycles. The van der Waals surface area contributed by atoms with Crippen LogP contribution in [0.4, 0.5) is 0 Å². The van der Waals surface area contributed by atoms with E-state index in [4.69, 9.17) is 9.15 Å². The van der Waals surface area contributed by atoms with Crippen molar-refractivity contribution in [2.75, 3.05) is 7.11 Å². The van der Waals surface area contributed by atoms with Gasteiger partial charge in [0.05, 0.1) is 7.11 Å². The molecule has 0 saturated carbocycles. The molecule has 0 bridgehead atoms. The number of para-hydroxylation sites is 1. The highest BCUT2D eigenvalue weighted by atomic mass is 16.5. The number of benzene rings is 3. The average molecular weight is 248 g/mol. The molecule has 0 aliphatic rings. The highest BCUT2D eigenvalue weighted by molar-refractivity contribution is 6.15. The van der Waals surface area contributed by atoms with Crippen molar-refractivity contribution in [3.63, 3.8) is 0 Å². The second kappa shape index (κ2) is 3.75. The van der Waals surface area contributed by atoms with Crippen LogP contribution in [0.1, 0.15) is 0 Å². The Hall–Kier alpha value is -2.48. The summed E-state index contributed by atoms with van der Waals surface area (Å²) in [7, 11) is 1.69. The van der Waals surface area contributed by atoms with Gasteiger partial charge in [-0.1, -0.05) is 30.3 Å². The fourth-order valence-electron chi connectivity index (χ4n) is 2.69. The average Bonchev–Trinajstić information content (AvgIpc) is 2.85. The summed E-state index contributed by atoms with van der Waals surface area (Å²) in [6.45, 7) is 0. The molecule has 0 saturated heterocycles. The first-order chi connectivity index (χ1) is 9.38. The third-order valence-corrected chi connectivity index (χ3v) is 3.58. The predicted molar refractivity (Wildman–Crippen MR) is 77.8 cm³/mol. The molecule has 4 aromatic rings. The standard InChI is InChI=1S/C17H12O2/c1-18-15-8-4-6-13-12(15)9-10-14-11-5-2-3-7-16(11)19-17(13)14/h2-10H,1H3. The van der Waals surface area contributed by atoms with Gasteiger partial charge >= 0.3 is 0 Å². The van der Waals surface area contributed by atoms with Crippen molar-refractivity contribution < 1.29 is 9.15 Å². The van der Waals surface area contributed by atoms with E-state index < -0.39 is 0 Å². The van der Waals surface area contributed by atoms with Crippen LogP contribution < -0.4 is 4.74 Å². The summed E-state index contributed by atoms with van der Waals surface area (Å²) in [5, 5.41) is 4.48. The SMILES string of the molecule is COc1cccc2c1ccc1c3ccccc3oc21. The zero-order valence-electron chi connectivity index (χ0n) is 10.5. The largest absolute Gasteiger partial charge is 0.496 e. The maximum Gasteiger partial charge on any atom is 0.143 e. The van der Waals surface area contributed by atoms with Crippen molar-refractivity contribution in [1.29, 1.82) is 0 Å². The quantitative estimate of drug-likeness (QED) is 0.485. The summed E-state index contributed by atoms with van der Waals surface area (Å²) in [6, 6.07) is 18.4. The van der Waals surface area contributed by atoms with E-state index >= 15 is 0 Å². The van der Waals surface area contributed by atoms with Gasteiger partial charge in [-0.05, 0) is 24.3 Å². The Kier molecular flexibility index (Phi) is 2.06. The summed E-state index contributed by atoms with van der Waals surface area (Å²) < 4.78 is 11.4. The van der Waals surface area contributed by atoms with Gasteiger partial charge in [-0.25, -0.2) is 0 Å². The van der Waals surface area contributed by atoms with E-state index in [0.717, 1.165) is 38.5 Å². The van der Waals surface area contributed by atoms with Crippen LogP contribution in [-0.2, 0) is 0 Å². The number of hydrogen-bond donors (Lipinski definition) is 0. The highest BCUT2D eigenvalue weighted by Crippen LogP contribution is 2.36. The van der Waals surface area contributed by atoms with Gasteiger partial charge in [-0.15, -0.1) is 0 Å². The zero-order chi connectivity index (χ0) is 12.8. The van der Waals surface area contributed by atoms with E-state index in [1.807, 2.05) is 30.3 Å². The first-order valence-electron chi connectivity index (χ1n) is 6.25. The summed E-state index contributed by atoms with van der Waals surface area (Å²) in [5.74, 6) is 0.875. The Morgan fingerprint density at radius 1 is 0.737 bits per heavy atom. The Morgan fingerprint density at radius 3 is 2.37 bits per heavy atom. The third-order valence-electron chi connectivity index (χ3n) is 3.58. The van der Waals surface area contributed by atoms with Gasteiger partial charge in [0.1, 0.15) is 16.9 Å². The predicted octanol–water partition coefficient (Wildman–Crippen LogP) is 4.75. The Balaban J connectivity index is 2.25. The second-order valence-electron chi connectivity index (χ2n) is 4.60. The van der Waals surface area contributed by atoms with Gasteiger partial charge in [0.15, 0.2) is 0 Å². The molecule has 92 valence electrons. The molecule has 19 heavy (non-hydrogen) atoms. The van der Waals surface area contributed by atoms with Gasteiger partial charge < -0.3 is 9.15 Å². The molecule has 0 amide bonds. The van der Waals surface area contributed by atoms with Crippen molar-refractivity contribution in [3.8, 4) is 5.75 Å². The van der Waals surface area contributed by atoms with Gasteiger partial charge in [-0.3, -0.25) is 0 Å². The van der Waals surface area contributed by atoms with Crippen LogP contribution in [0, 0.1) is 0 Å². The molecule has 0 N–H and O–H groups in total. The van der Waals surface area contributed by atoms with Crippen LogP contribution in [0.2, 0.25) is 0 Å². The van der Waals surface area contributed by atoms with Crippen molar-refractivity contribution in [2.24, 2.45) is 0 Å². The molecule has 0 unspecified atom stereocenters. The molecular weight excluding hydrogens is 236 g/mol. The van der Waals surface area contributed by atoms with E-state index in [9.17, 15) is 0 Å². The van der Waals surface area contributed by atoms with E-state index in [-0.39, 0.29) is 0 Å². The topological polar surface area (TPSA) is 22.4 Å². The summed E-state index contributed by atoms with van der Waals surface area (Å²) >= 11 is 0. The van der Waals surface area contributed by atoms with Crippen LogP contribution >= 0.6 is 0 Å². The molecule has 1 heterocycles.